The van der Waals surface area contributed by atoms with Gasteiger partial charge >= 0.3 is 6.03 Å². The molecule has 162 valence electrons. The Balaban J connectivity index is 1.55. The Morgan fingerprint density at radius 3 is 2.41 bits per heavy atom. The minimum Gasteiger partial charge on any atom is -0.341 e. The van der Waals surface area contributed by atoms with E-state index in [9.17, 15) is 18.0 Å². The summed E-state index contributed by atoms with van der Waals surface area (Å²) in [5, 5.41) is 3.34. The van der Waals surface area contributed by atoms with E-state index in [4.69, 9.17) is 0 Å². The van der Waals surface area contributed by atoms with Crippen LogP contribution in [0.3, 0.4) is 0 Å². The molecule has 2 fully saturated rings. The van der Waals surface area contributed by atoms with Crippen LogP contribution in [0.2, 0.25) is 0 Å². The number of amides is 3. The number of carbonyl (C=O) groups is 2. The molecule has 1 aromatic rings. The maximum atomic E-state index is 12.6. The van der Waals surface area contributed by atoms with Crippen LogP contribution in [0.15, 0.2) is 16.3 Å². The number of anilines is 1. The fourth-order valence-electron chi connectivity index (χ4n) is 3.62. The monoisotopic (exact) mass is 442 g/mol. The third-order valence-electron chi connectivity index (χ3n) is 5.35. The van der Waals surface area contributed by atoms with Crippen molar-refractivity contribution in [2.24, 2.45) is 0 Å². The molecule has 0 saturated carbocycles. The molecule has 3 heterocycles. The summed E-state index contributed by atoms with van der Waals surface area (Å²) in [6.07, 6.45) is 4.96. The van der Waals surface area contributed by atoms with Crippen LogP contribution in [0.5, 0.6) is 0 Å². The Kier molecular flexibility index (Phi) is 7.53. The standard InChI is InChI=1S/C19H30N4O4S2/c1-2-3-7-17(24)21-10-6-11-22(15-14-21)19(25)20-16-8-9-18(28-16)29(26,27)23-12-4-5-13-23/h8-9H,2-7,10-15H2,1H3,(H,20,25). The van der Waals surface area contributed by atoms with Crippen molar-refractivity contribution >= 4 is 38.3 Å². The van der Waals surface area contributed by atoms with E-state index in [-0.39, 0.29) is 16.1 Å². The van der Waals surface area contributed by atoms with Crippen LogP contribution in [-0.4, -0.2) is 73.7 Å². The van der Waals surface area contributed by atoms with Crippen LogP contribution in [-0.2, 0) is 14.8 Å². The minimum atomic E-state index is -3.47. The molecule has 0 aromatic carbocycles. The lowest BCUT2D eigenvalue weighted by atomic mass is 10.2. The molecule has 1 N–H and O–H groups in total. The second-order valence-electron chi connectivity index (χ2n) is 7.48. The summed E-state index contributed by atoms with van der Waals surface area (Å²) in [6, 6.07) is 2.95. The molecule has 2 saturated heterocycles. The zero-order chi connectivity index (χ0) is 20.9. The van der Waals surface area contributed by atoms with Crippen molar-refractivity contribution in [3.8, 4) is 0 Å². The number of rotatable bonds is 6. The van der Waals surface area contributed by atoms with Gasteiger partial charge in [-0.2, -0.15) is 4.31 Å². The Morgan fingerprint density at radius 2 is 1.69 bits per heavy atom. The first-order chi connectivity index (χ1) is 13.9. The number of hydrogen-bond acceptors (Lipinski definition) is 5. The van der Waals surface area contributed by atoms with Gasteiger partial charge in [-0.05, 0) is 37.8 Å². The van der Waals surface area contributed by atoms with Crippen LogP contribution >= 0.6 is 11.3 Å². The van der Waals surface area contributed by atoms with E-state index in [1.807, 2.05) is 4.90 Å². The Labute approximate surface area is 176 Å². The molecule has 0 bridgehead atoms. The molecular weight excluding hydrogens is 412 g/mol. The highest BCUT2D eigenvalue weighted by Gasteiger charge is 2.29. The molecule has 0 unspecified atom stereocenters. The summed E-state index contributed by atoms with van der Waals surface area (Å²) in [4.78, 5) is 28.4. The first kappa shape index (κ1) is 22.0. The van der Waals surface area contributed by atoms with Gasteiger partial charge in [0.1, 0.15) is 4.21 Å². The Bertz CT molecular complexity index is 818. The van der Waals surface area contributed by atoms with E-state index in [0.29, 0.717) is 50.7 Å². The van der Waals surface area contributed by atoms with E-state index in [2.05, 4.69) is 12.2 Å². The van der Waals surface area contributed by atoms with Crippen molar-refractivity contribution in [1.29, 1.82) is 0 Å². The molecule has 3 rings (SSSR count). The van der Waals surface area contributed by atoms with Gasteiger partial charge in [-0.3, -0.25) is 10.1 Å². The van der Waals surface area contributed by atoms with Gasteiger partial charge in [-0.1, -0.05) is 13.3 Å². The third kappa shape index (κ3) is 5.49. The first-order valence-corrected chi connectivity index (χ1v) is 12.6. The number of sulfonamides is 1. The van der Waals surface area contributed by atoms with Gasteiger partial charge in [0, 0.05) is 45.7 Å². The van der Waals surface area contributed by atoms with E-state index >= 15 is 0 Å². The first-order valence-electron chi connectivity index (χ1n) is 10.4. The van der Waals surface area contributed by atoms with Crippen molar-refractivity contribution in [3.05, 3.63) is 12.1 Å². The van der Waals surface area contributed by atoms with Crippen LogP contribution in [0.1, 0.15) is 45.4 Å². The van der Waals surface area contributed by atoms with E-state index in [0.717, 1.165) is 43.4 Å². The topological polar surface area (TPSA) is 90.0 Å². The maximum absolute atomic E-state index is 12.6. The van der Waals surface area contributed by atoms with Crippen LogP contribution in [0.4, 0.5) is 9.80 Å². The van der Waals surface area contributed by atoms with Crippen molar-refractivity contribution in [3.63, 3.8) is 0 Å². The summed E-state index contributed by atoms with van der Waals surface area (Å²) in [5.41, 5.74) is 0. The minimum absolute atomic E-state index is 0.157. The normalized spacial score (nSPS) is 18.7. The highest BCUT2D eigenvalue weighted by molar-refractivity contribution is 7.91. The molecule has 0 aliphatic carbocycles. The lowest BCUT2D eigenvalue weighted by Crippen LogP contribution is -2.39. The van der Waals surface area contributed by atoms with Gasteiger partial charge in [-0.15, -0.1) is 11.3 Å². The van der Waals surface area contributed by atoms with Gasteiger partial charge in [-0.25, -0.2) is 13.2 Å². The average Bonchev–Trinajstić information content (AvgIpc) is 3.34. The molecule has 3 amide bonds. The molecule has 29 heavy (non-hydrogen) atoms. The number of unbranched alkanes of at least 4 members (excludes halogenated alkanes) is 1. The van der Waals surface area contributed by atoms with Crippen LogP contribution < -0.4 is 5.32 Å². The molecular formula is C19H30N4O4S2. The lowest BCUT2D eigenvalue weighted by Gasteiger charge is -2.22. The number of thiophene rings is 1. The smallest absolute Gasteiger partial charge is 0.322 e. The van der Waals surface area contributed by atoms with Crippen molar-refractivity contribution in [2.45, 2.75) is 49.7 Å². The second-order valence-corrected chi connectivity index (χ2v) is 10.7. The average molecular weight is 443 g/mol. The molecule has 0 atom stereocenters. The number of nitrogens with zero attached hydrogens (tertiary/aromatic N) is 3. The summed E-state index contributed by atoms with van der Waals surface area (Å²) in [5.74, 6) is 0.157. The Hall–Kier alpha value is -1.65. The Morgan fingerprint density at radius 1 is 1.00 bits per heavy atom. The molecule has 2 aliphatic rings. The summed E-state index contributed by atoms with van der Waals surface area (Å²) >= 11 is 1.09. The molecule has 8 nitrogen and oxygen atoms in total. The number of hydrogen-bond donors (Lipinski definition) is 1. The predicted molar refractivity (Wildman–Crippen MR) is 114 cm³/mol. The molecule has 1 aromatic heterocycles. The van der Waals surface area contributed by atoms with Crippen molar-refractivity contribution < 1.29 is 18.0 Å². The van der Waals surface area contributed by atoms with E-state index < -0.39 is 10.0 Å². The summed E-state index contributed by atoms with van der Waals surface area (Å²) in [7, 11) is -3.47. The zero-order valence-electron chi connectivity index (χ0n) is 16.9. The fourth-order valence-corrected chi connectivity index (χ4v) is 6.49. The molecule has 0 radical (unpaired) electrons. The van der Waals surface area contributed by atoms with Crippen molar-refractivity contribution in [2.75, 3.05) is 44.6 Å². The van der Waals surface area contributed by atoms with Crippen LogP contribution in [0, 0.1) is 0 Å². The largest absolute Gasteiger partial charge is 0.341 e. The van der Waals surface area contributed by atoms with Gasteiger partial charge < -0.3 is 9.80 Å². The highest BCUT2D eigenvalue weighted by Crippen LogP contribution is 2.30. The predicted octanol–water partition coefficient (Wildman–Crippen LogP) is 2.79. The number of carbonyl (C=O) groups excluding carboxylic acids is 2. The third-order valence-corrected chi connectivity index (χ3v) is 8.72. The van der Waals surface area contributed by atoms with Gasteiger partial charge in [0.2, 0.25) is 5.91 Å². The molecule has 10 heteroatoms. The van der Waals surface area contributed by atoms with Gasteiger partial charge in [0.05, 0.1) is 5.00 Å². The molecule has 0 spiro atoms. The summed E-state index contributed by atoms with van der Waals surface area (Å²) < 4.78 is 27.0. The highest BCUT2D eigenvalue weighted by atomic mass is 32.2. The zero-order valence-corrected chi connectivity index (χ0v) is 18.6. The number of nitrogens with one attached hydrogen (secondary N) is 1. The van der Waals surface area contributed by atoms with E-state index in [1.54, 1.807) is 17.0 Å². The lowest BCUT2D eigenvalue weighted by molar-refractivity contribution is -0.131. The van der Waals surface area contributed by atoms with Crippen LogP contribution in [0.25, 0.3) is 0 Å². The SMILES string of the molecule is CCCCC(=O)N1CCCN(C(=O)Nc2ccc(S(=O)(=O)N3CCCC3)s2)CC1. The van der Waals surface area contributed by atoms with Gasteiger partial charge in [0.15, 0.2) is 0 Å². The van der Waals surface area contributed by atoms with E-state index in [1.165, 1.54) is 4.31 Å². The quantitative estimate of drug-likeness (QED) is 0.734. The summed E-state index contributed by atoms with van der Waals surface area (Å²) in [6.45, 7) is 5.45. The van der Waals surface area contributed by atoms with Crippen molar-refractivity contribution in [1.82, 2.24) is 14.1 Å². The maximum Gasteiger partial charge on any atom is 0.322 e. The van der Waals surface area contributed by atoms with Gasteiger partial charge in [0.25, 0.3) is 10.0 Å². The number of urea groups is 1. The second kappa shape index (κ2) is 9.90. The molecule has 2 aliphatic heterocycles. The fraction of sp³-hybridized carbons (Fsp3) is 0.684.